The number of hydrogen-bond acceptors (Lipinski definition) is 5. The number of nitrogens with zero attached hydrogens (tertiary/aromatic N) is 1. The molecule has 0 saturated carbocycles. The Kier molecular flexibility index (Phi) is 4.65. The van der Waals surface area contributed by atoms with Crippen LogP contribution in [-0.2, 0) is 4.79 Å². The molecule has 7 nitrogen and oxygen atoms in total. The first-order chi connectivity index (χ1) is 8.13. The van der Waals surface area contributed by atoms with Gasteiger partial charge in [-0.1, -0.05) is 0 Å². The lowest BCUT2D eigenvalue weighted by atomic mass is 10.4. The fourth-order valence-corrected chi connectivity index (χ4v) is 0.990. The van der Waals surface area contributed by atoms with Gasteiger partial charge in [0.2, 0.25) is 0 Å². The third kappa shape index (κ3) is 4.31. The molecule has 0 saturated heterocycles. The number of hydrazine groups is 1. The van der Waals surface area contributed by atoms with Crippen LogP contribution in [0.5, 0.6) is 0 Å². The molecular formula is C9H8N4O3S. The van der Waals surface area contributed by atoms with E-state index in [1.165, 1.54) is 12.3 Å². The molecular weight excluding hydrogens is 244 g/mol. The van der Waals surface area contributed by atoms with Crippen LogP contribution in [0.25, 0.3) is 0 Å². The predicted molar refractivity (Wildman–Crippen MR) is 60.3 cm³/mol. The van der Waals surface area contributed by atoms with Crippen LogP contribution in [0.3, 0.4) is 0 Å². The van der Waals surface area contributed by atoms with E-state index in [2.05, 4.69) is 16.2 Å². The maximum absolute atomic E-state index is 11.4. The summed E-state index contributed by atoms with van der Waals surface area (Å²) in [6, 6.07) is 4.68. The second kappa shape index (κ2) is 6.24. The molecule has 88 valence electrons. The van der Waals surface area contributed by atoms with Crippen molar-refractivity contribution in [2.45, 2.75) is 6.42 Å². The van der Waals surface area contributed by atoms with E-state index in [-0.39, 0.29) is 17.3 Å². The number of carbonyl (C=O) groups excluding carboxylic acids is 2. The van der Waals surface area contributed by atoms with Crippen molar-refractivity contribution in [3.05, 3.63) is 24.2 Å². The monoisotopic (exact) mass is 252 g/mol. The SMILES string of the molecule is N#CCC(=O)NNC(=S)NC(=O)c1ccco1. The van der Waals surface area contributed by atoms with Crippen molar-refractivity contribution in [3.8, 4) is 6.07 Å². The van der Waals surface area contributed by atoms with Crippen LogP contribution in [0.15, 0.2) is 22.8 Å². The number of nitrogens with one attached hydrogen (secondary N) is 3. The summed E-state index contributed by atoms with van der Waals surface area (Å²) in [6.45, 7) is 0. The quantitative estimate of drug-likeness (QED) is 0.498. The van der Waals surface area contributed by atoms with E-state index < -0.39 is 11.8 Å². The smallest absolute Gasteiger partial charge is 0.293 e. The van der Waals surface area contributed by atoms with Gasteiger partial charge in [-0.2, -0.15) is 5.26 Å². The lowest BCUT2D eigenvalue weighted by molar-refractivity contribution is -0.120. The second-order valence-corrected chi connectivity index (χ2v) is 3.18. The Labute approximate surface area is 102 Å². The Morgan fingerprint density at radius 2 is 2.24 bits per heavy atom. The van der Waals surface area contributed by atoms with E-state index >= 15 is 0 Å². The van der Waals surface area contributed by atoms with Gasteiger partial charge in [0.15, 0.2) is 10.9 Å². The number of amides is 2. The van der Waals surface area contributed by atoms with E-state index in [0.717, 1.165) is 0 Å². The summed E-state index contributed by atoms with van der Waals surface area (Å²) in [4.78, 5) is 22.3. The number of carbonyl (C=O) groups is 2. The third-order valence-corrected chi connectivity index (χ3v) is 1.73. The number of hydrogen-bond donors (Lipinski definition) is 3. The summed E-state index contributed by atoms with van der Waals surface area (Å²) in [5.41, 5.74) is 4.40. The number of rotatable bonds is 2. The molecule has 1 heterocycles. The fourth-order valence-electron chi connectivity index (χ4n) is 0.846. The molecule has 1 aromatic rings. The normalized spacial score (nSPS) is 8.88. The molecule has 1 aromatic heterocycles. The van der Waals surface area contributed by atoms with Gasteiger partial charge in [-0.05, 0) is 24.4 Å². The topological polar surface area (TPSA) is 107 Å². The van der Waals surface area contributed by atoms with E-state index in [4.69, 9.17) is 21.9 Å². The average molecular weight is 252 g/mol. The Bertz CT molecular complexity index is 463. The molecule has 0 fully saturated rings. The van der Waals surface area contributed by atoms with Crippen molar-refractivity contribution in [1.29, 1.82) is 5.26 Å². The average Bonchev–Trinajstić information content (AvgIpc) is 2.80. The number of thiocarbonyl (C=S) groups is 1. The zero-order chi connectivity index (χ0) is 12.7. The minimum Gasteiger partial charge on any atom is -0.459 e. The van der Waals surface area contributed by atoms with Crippen LogP contribution in [0.2, 0.25) is 0 Å². The molecule has 0 radical (unpaired) electrons. The summed E-state index contributed by atoms with van der Waals surface area (Å²) in [5.74, 6) is -0.998. The third-order valence-electron chi connectivity index (χ3n) is 1.53. The van der Waals surface area contributed by atoms with Crippen molar-refractivity contribution in [2.24, 2.45) is 0 Å². The molecule has 1 rings (SSSR count). The van der Waals surface area contributed by atoms with Crippen molar-refractivity contribution < 1.29 is 14.0 Å². The Morgan fingerprint density at radius 1 is 1.47 bits per heavy atom. The minimum atomic E-state index is -0.554. The first-order valence-corrected chi connectivity index (χ1v) is 4.85. The van der Waals surface area contributed by atoms with Crippen molar-refractivity contribution in [2.75, 3.05) is 0 Å². The van der Waals surface area contributed by atoms with Crippen LogP contribution in [-0.4, -0.2) is 16.9 Å². The lowest BCUT2D eigenvalue weighted by Crippen LogP contribution is -2.48. The zero-order valence-electron chi connectivity index (χ0n) is 8.52. The standard InChI is InChI=1S/C9H8N4O3S/c10-4-3-7(14)12-13-9(17)11-8(15)6-2-1-5-16-6/h1-2,5H,3H2,(H,12,14)(H2,11,13,15,17). The molecule has 0 bridgehead atoms. The van der Waals surface area contributed by atoms with Crippen molar-refractivity contribution in [3.63, 3.8) is 0 Å². The van der Waals surface area contributed by atoms with Gasteiger partial charge in [-0.15, -0.1) is 0 Å². The van der Waals surface area contributed by atoms with Gasteiger partial charge in [0.25, 0.3) is 11.8 Å². The largest absolute Gasteiger partial charge is 0.459 e. The maximum atomic E-state index is 11.4. The molecule has 2 amide bonds. The molecule has 3 N–H and O–H groups in total. The van der Waals surface area contributed by atoms with Crippen LogP contribution in [0.1, 0.15) is 17.0 Å². The highest BCUT2D eigenvalue weighted by Gasteiger charge is 2.10. The van der Waals surface area contributed by atoms with Crippen LogP contribution in [0, 0.1) is 11.3 Å². The first-order valence-electron chi connectivity index (χ1n) is 4.44. The Balaban J connectivity index is 2.33. The van der Waals surface area contributed by atoms with E-state index in [1.807, 2.05) is 0 Å². The molecule has 0 unspecified atom stereocenters. The first kappa shape index (κ1) is 12.7. The van der Waals surface area contributed by atoms with Gasteiger partial charge in [0.05, 0.1) is 12.3 Å². The van der Waals surface area contributed by atoms with Crippen LogP contribution in [0.4, 0.5) is 0 Å². The molecule has 0 spiro atoms. The summed E-state index contributed by atoms with van der Waals surface area (Å²) in [7, 11) is 0. The van der Waals surface area contributed by atoms with Gasteiger partial charge in [0, 0.05) is 0 Å². The van der Waals surface area contributed by atoms with E-state index in [0.29, 0.717) is 0 Å². The van der Waals surface area contributed by atoms with Gasteiger partial charge < -0.3 is 4.42 Å². The van der Waals surface area contributed by atoms with Crippen LogP contribution >= 0.6 is 12.2 Å². The molecule has 0 aliphatic rings. The molecule has 0 aliphatic carbocycles. The summed E-state index contributed by atoms with van der Waals surface area (Å²) >= 11 is 4.72. The molecule has 0 atom stereocenters. The highest BCUT2D eigenvalue weighted by atomic mass is 32.1. The number of nitriles is 1. The predicted octanol–water partition coefficient (Wildman–Crippen LogP) is -0.171. The maximum Gasteiger partial charge on any atom is 0.293 e. The van der Waals surface area contributed by atoms with Crippen molar-refractivity contribution >= 4 is 29.1 Å². The van der Waals surface area contributed by atoms with Crippen LogP contribution < -0.4 is 16.2 Å². The highest BCUT2D eigenvalue weighted by molar-refractivity contribution is 7.80. The lowest BCUT2D eigenvalue weighted by Gasteiger charge is -2.08. The summed E-state index contributed by atoms with van der Waals surface area (Å²) in [5, 5.41) is 10.4. The number of furan rings is 1. The Morgan fingerprint density at radius 3 is 2.82 bits per heavy atom. The van der Waals surface area contributed by atoms with Gasteiger partial charge in [0.1, 0.15) is 6.42 Å². The second-order valence-electron chi connectivity index (χ2n) is 2.77. The van der Waals surface area contributed by atoms with Crippen molar-refractivity contribution in [1.82, 2.24) is 16.2 Å². The fraction of sp³-hybridized carbons (Fsp3) is 0.111. The molecule has 8 heteroatoms. The van der Waals surface area contributed by atoms with Gasteiger partial charge in [-0.3, -0.25) is 25.8 Å². The van der Waals surface area contributed by atoms with E-state index in [1.54, 1.807) is 12.1 Å². The molecule has 0 aliphatic heterocycles. The highest BCUT2D eigenvalue weighted by Crippen LogP contribution is 1.98. The molecule has 0 aromatic carbocycles. The van der Waals surface area contributed by atoms with Gasteiger partial charge >= 0.3 is 0 Å². The minimum absolute atomic E-state index is 0.0949. The summed E-state index contributed by atoms with van der Waals surface area (Å²) in [6.07, 6.45) is 1.04. The van der Waals surface area contributed by atoms with E-state index in [9.17, 15) is 9.59 Å². The Hall–Kier alpha value is -2.40. The van der Waals surface area contributed by atoms with Gasteiger partial charge in [-0.25, -0.2) is 0 Å². The summed E-state index contributed by atoms with van der Waals surface area (Å²) < 4.78 is 4.83. The molecule has 17 heavy (non-hydrogen) atoms. The zero-order valence-corrected chi connectivity index (χ0v) is 9.34.